The molecule has 2 nitrogen and oxygen atoms in total. The molecule has 0 saturated carbocycles. The minimum Gasteiger partial charge on any atom is -0.302 e. The zero-order valence-corrected chi connectivity index (χ0v) is 10.4. The largest absolute Gasteiger partial charge is 0.302 e. The summed E-state index contributed by atoms with van der Waals surface area (Å²) in [6.45, 7) is 6.71. The van der Waals surface area contributed by atoms with Crippen LogP contribution in [0.25, 0.3) is 0 Å². The molecule has 1 heterocycles. The Hall–Kier alpha value is -0.180. The standard InChI is InChI=1S/C11H22N2S/c1-4-7-8-10-11(5-2)13(9-12-10)14-6-3/h9-11H,4-8H2,1-3H3. The van der Waals surface area contributed by atoms with Crippen LogP contribution in [0.3, 0.4) is 0 Å². The maximum atomic E-state index is 4.61. The Morgan fingerprint density at radius 1 is 1.36 bits per heavy atom. The molecule has 1 aliphatic heterocycles. The average Bonchev–Trinajstić information content (AvgIpc) is 2.58. The van der Waals surface area contributed by atoms with Crippen molar-refractivity contribution in [1.29, 1.82) is 0 Å². The second-order valence-electron chi connectivity index (χ2n) is 3.73. The smallest absolute Gasteiger partial charge is 0.0957 e. The van der Waals surface area contributed by atoms with Crippen LogP contribution in [0.15, 0.2) is 4.99 Å². The zero-order valence-electron chi connectivity index (χ0n) is 9.57. The van der Waals surface area contributed by atoms with Gasteiger partial charge in [0.2, 0.25) is 0 Å². The first kappa shape index (κ1) is 11.9. The lowest BCUT2D eigenvalue weighted by Crippen LogP contribution is -2.31. The molecule has 1 aliphatic rings. The molecule has 2 unspecified atom stereocenters. The Labute approximate surface area is 92.3 Å². The molecular formula is C11H22N2S. The highest BCUT2D eigenvalue weighted by Crippen LogP contribution is 2.26. The maximum Gasteiger partial charge on any atom is 0.0957 e. The molecule has 2 atom stereocenters. The predicted molar refractivity (Wildman–Crippen MR) is 65.9 cm³/mol. The molecule has 0 amide bonds. The highest BCUT2D eigenvalue weighted by atomic mass is 32.2. The number of aliphatic imine (C=N–C) groups is 1. The Kier molecular flexibility index (Phi) is 5.38. The van der Waals surface area contributed by atoms with Gasteiger partial charge in [0.15, 0.2) is 0 Å². The van der Waals surface area contributed by atoms with E-state index in [1.807, 2.05) is 18.3 Å². The molecule has 0 aromatic rings. The fourth-order valence-corrected chi connectivity index (χ4v) is 2.82. The third-order valence-electron chi connectivity index (χ3n) is 2.69. The molecule has 14 heavy (non-hydrogen) atoms. The Balaban J connectivity index is 2.42. The lowest BCUT2D eigenvalue weighted by atomic mass is 10.0. The first-order valence-corrected chi connectivity index (χ1v) is 6.72. The van der Waals surface area contributed by atoms with Crippen molar-refractivity contribution in [3.63, 3.8) is 0 Å². The fourth-order valence-electron chi connectivity index (χ4n) is 1.92. The molecule has 0 N–H and O–H groups in total. The van der Waals surface area contributed by atoms with Crippen molar-refractivity contribution in [2.75, 3.05) is 5.75 Å². The van der Waals surface area contributed by atoms with Crippen LogP contribution in [-0.2, 0) is 0 Å². The van der Waals surface area contributed by atoms with Crippen LogP contribution in [0, 0.1) is 0 Å². The molecule has 0 aliphatic carbocycles. The van der Waals surface area contributed by atoms with E-state index >= 15 is 0 Å². The molecule has 0 spiro atoms. The van der Waals surface area contributed by atoms with E-state index in [-0.39, 0.29) is 0 Å². The van der Waals surface area contributed by atoms with Crippen molar-refractivity contribution < 1.29 is 0 Å². The monoisotopic (exact) mass is 214 g/mol. The molecule has 82 valence electrons. The summed E-state index contributed by atoms with van der Waals surface area (Å²) in [6.07, 6.45) is 7.10. The molecule has 0 radical (unpaired) electrons. The Bertz CT molecular complexity index is 182. The summed E-state index contributed by atoms with van der Waals surface area (Å²) >= 11 is 1.89. The van der Waals surface area contributed by atoms with Crippen LogP contribution in [-0.4, -0.2) is 28.5 Å². The van der Waals surface area contributed by atoms with Crippen molar-refractivity contribution in [3.05, 3.63) is 0 Å². The van der Waals surface area contributed by atoms with Gasteiger partial charge in [0, 0.05) is 5.75 Å². The zero-order chi connectivity index (χ0) is 10.4. The van der Waals surface area contributed by atoms with E-state index in [1.54, 1.807) is 0 Å². The normalized spacial score (nSPS) is 26.1. The quantitative estimate of drug-likeness (QED) is 0.630. The van der Waals surface area contributed by atoms with Crippen molar-refractivity contribution in [1.82, 2.24) is 4.31 Å². The van der Waals surface area contributed by atoms with Crippen molar-refractivity contribution in [2.45, 2.75) is 58.5 Å². The fraction of sp³-hybridized carbons (Fsp3) is 0.909. The van der Waals surface area contributed by atoms with Crippen molar-refractivity contribution in [3.8, 4) is 0 Å². The molecule has 0 saturated heterocycles. The van der Waals surface area contributed by atoms with Gasteiger partial charge in [-0.1, -0.05) is 33.6 Å². The Morgan fingerprint density at radius 3 is 2.71 bits per heavy atom. The third-order valence-corrected chi connectivity index (χ3v) is 3.61. The maximum absolute atomic E-state index is 4.61. The lowest BCUT2D eigenvalue weighted by Gasteiger charge is -2.25. The second kappa shape index (κ2) is 6.33. The number of unbranched alkanes of at least 4 members (excludes halogenated alkanes) is 1. The molecule has 1 rings (SSSR count). The van der Waals surface area contributed by atoms with E-state index in [1.165, 1.54) is 25.7 Å². The van der Waals surface area contributed by atoms with E-state index in [2.05, 4.69) is 30.1 Å². The van der Waals surface area contributed by atoms with Gasteiger partial charge >= 0.3 is 0 Å². The molecule has 0 bridgehead atoms. The van der Waals surface area contributed by atoms with Gasteiger partial charge in [-0.25, -0.2) is 0 Å². The van der Waals surface area contributed by atoms with Gasteiger partial charge < -0.3 is 4.31 Å². The van der Waals surface area contributed by atoms with E-state index in [9.17, 15) is 0 Å². The molecule has 0 aromatic carbocycles. The highest BCUT2D eigenvalue weighted by molar-refractivity contribution is 7.97. The summed E-state index contributed by atoms with van der Waals surface area (Å²) in [4.78, 5) is 4.61. The predicted octanol–water partition coefficient (Wildman–Crippen LogP) is 3.34. The molecule has 0 fully saturated rings. The number of rotatable bonds is 6. The van der Waals surface area contributed by atoms with Crippen molar-refractivity contribution >= 4 is 18.3 Å². The van der Waals surface area contributed by atoms with E-state index in [4.69, 9.17) is 0 Å². The third kappa shape index (κ3) is 2.91. The molecule has 3 heteroatoms. The van der Waals surface area contributed by atoms with Gasteiger partial charge in [0.05, 0.1) is 18.4 Å². The summed E-state index contributed by atoms with van der Waals surface area (Å²) in [7, 11) is 0. The van der Waals surface area contributed by atoms with Crippen LogP contribution in [0.2, 0.25) is 0 Å². The van der Waals surface area contributed by atoms with Crippen LogP contribution in [0.4, 0.5) is 0 Å². The van der Waals surface area contributed by atoms with E-state index in [0.717, 1.165) is 5.75 Å². The number of nitrogens with zero attached hydrogens (tertiary/aromatic N) is 2. The second-order valence-corrected chi connectivity index (χ2v) is 4.98. The van der Waals surface area contributed by atoms with E-state index < -0.39 is 0 Å². The summed E-state index contributed by atoms with van der Waals surface area (Å²) < 4.78 is 2.35. The molecular weight excluding hydrogens is 192 g/mol. The van der Waals surface area contributed by atoms with Gasteiger partial charge in [0.1, 0.15) is 0 Å². The number of hydrogen-bond donors (Lipinski definition) is 0. The van der Waals surface area contributed by atoms with Crippen LogP contribution in [0.5, 0.6) is 0 Å². The van der Waals surface area contributed by atoms with Gasteiger partial charge in [-0.2, -0.15) is 0 Å². The minimum absolute atomic E-state index is 0.555. The lowest BCUT2D eigenvalue weighted by molar-refractivity contribution is 0.401. The average molecular weight is 214 g/mol. The minimum atomic E-state index is 0.555. The van der Waals surface area contributed by atoms with Crippen LogP contribution < -0.4 is 0 Å². The topological polar surface area (TPSA) is 15.6 Å². The first-order chi connectivity index (χ1) is 6.83. The van der Waals surface area contributed by atoms with Crippen LogP contribution in [0.1, 0.15) is 46.5 Å². The first-order valence-electron chi connectivity index (χ1n) is 5.78. The summed E-state index contributed by atoms with van der Waals surface area (Å²) in [5.41, 5.74) is 0. The summed E-state index contributed by atoms with van der Waals surface area (Å²) in [6, 6.07) is 1.20. The SMILES string of the molecule is CCCCC1N=CN(SCC)C1CC. The number of hydrogen-bond acceptors (Lipinski definition) is 3. The van der Waals surface area contributed by atoms with Gasteiger partial charge in [-0.3, -0.25) is 4.99 Å². The summed E-state index contributed by atoms with van der Waals surface area (Å²) in [5.74, 6) is 1.14. The van der Waals surface area contributed by atoms with Gasteiger partial charge in [-0.15, -0.1) is 0 Å². The Morgan fingerprint density at radius 2 is 2.14 bits per heavy atom. The van der Waals surface area contributed by atoms with Crippen LogP contribution >= 0.6 is 11.9 Å². The van der Waals surface area contributed by atoms with Gasteiger partial charge in [0.25, 0.3) is 0 Å². The molecule has 0 aromatic heterocycles. The van der Waals surface area contributed by atoms with E-state index in [0.29, 0.717) is 12.1 Å². The highest BCUT2D eigenvalue weighted by Gasteiger charge is 2.28. The van der Waals surface area contributed by atoms with Crippen molar-refractivity contribution in [2.24, 2.45) is 4.99 Å². The van der Waals surface area contributed by atoms with Gasteiger partial charge in [-0.05, 0) is 24.8 Å². The summed E-state index contributed by atoms with van der Waals surface area (Å²) in [5, 5.41) is 0.